The van der Waals surface area contributed by atoms with Crippen LogP contribution in [-0.4, -0.2) is 14.5 Å². The van der Waals surface area contributed by atoms with Crippen molar-refractivity contribution in [3.8, 4) is 5.69 Å². The maximum atomic E-state index is 12.9. The van der Waals surface area contributed by atoms with Crippen LogP contribution < -0.4 is 0 Å². The van der Waals surface area contributed by atoms with Gasteiger partial charge >= 0.3 is 0 Å². The zero-order chi connectivity index (χ0) is 12.7. The van der Waals surface area contributed by atoms with Crippen molar-refractivity contribution in [1.29, 1.82) is 0 Å². The van der Waals surface area contributed by atoms with Crippen LogP contribution in [-0.2, 0) is 0 Å². The number of aromatic nitrogens is 3. The van der Waals surface area contributed by atoms with E-state index in [4.69, 9.17) is 11.6 Å². The molecule has 1 aromatic carbocycles. The van der Waals surface area contributed by atoms with Crippen LogP contribution in [0.4, 0.5) is 4.39 Å². The number of halogens is 3. The van der Waals surface area contributed by atoms with E-state index in [-0.39, 0.29) is 5.82 Å². The fourth-order valence-corrected chi connectivity index (χ4v) is 2.34. The Morgan fingerprint density at radius 2 is 1.94 bits per heavy atom. The van der Waals surface area contributed by atoms with E-state index in [0.717, 1.165) is 10.2 Å². The minimum atomic E-state index is -0.279. The molecule has 0 spiro atoms. The van der Waals surface area contributed by atoms with Crippen LogP contribution in [0.3, 0.4) is 0 Å². The van der Waals surface area contributed by atoms with Crippen molar-refractivity contribution in [1.82, 2.24) is 14.5 Å². The zero-order valence-electron chi connectivity index (χ0n) is 8.94. The van der Waals surface area contributed by atoms with Gasteiger partial charge in [0.2, 0.25) is 0 Å². The predicted octanol–water partition coefficient (Wildman–Crippen LogP) is 3.98. The van der Waals surface area contributed by atoms with Gasteiger partial charge < -0.3 is 0 Å². The number of nitrogens with zero attached hydrogens (tertiary/aromatic N) is 3. The first kappa shape index (κ1) is 11.6. The lowest BCUT2D eigenvalue weighted by atomic mass is 10.3. The van der Waals surface area contributed by atoms with Crippen LogP contribution in [0.25, 0.3) is 16.9 Å². The standard InChI is InChI=1S/C12H6BrClFN3/c13-9-6-18(8-3-1-7(15)2-4-8)12-11(9)16-5-10(14)17-12/h1-6H. The summed E-state index contributed by atoms with van der Waals surface area (Å²) in [4.78, 5) is 8.45. The quantitative estimate of drug-likeness (QED) is 0.677. The van der Waals surface area contributed by atoms with Crippen LogP contribution in [0.2, 0.25) is 5.15 Å². The molecule has 0 fully saturated rings. The van der Waals surface area contributed by atoms with E-state index in [9.17, 15) is 4.39 Å². The van der Waals surface area contributed by atoms with Gasteiger partial charge in [0.25, 0.3) is 0 Å². The van der Waals surface area contributed by atoms with E-state index in [2.05, 4.69) is 25.9 Å². The van der Waals surface area contributed by atoms with E-state index in [0.29, 0.717) is 16.3 Å². The minimum absolute atomic E-state index is 0.279. The fourth-order valence-electron chi connectivity index (χ4n) is 1.73. The summed E-state index contributed by atoms with van der Waals surface area (Å²) in [5, 5.41) is 0.316. The average Bonchev–Trinajstić information content (AvgIpc) is 2.67. The molecule has 0 amide bonds. The second kappa shape index (κ2) is 4.33. The van der Waals surface area contributed by atoms with Crippen molar-refractivity contribution >= 4 is 38.7 Å². The highest BCUT2D eigenvalue weighted by Gasteiger charge is 2.11. The molecule has 3 rings (SSSR count). The number of hydrogen-bond acceptors (Lipinski definition) is 2. The summed E-state index contributed by atoms with van der Waals surface area (Å²) in [5.41, 5.74) is 2.13. The predicted molar refractivity (Wildman–Crippen MR) is 71.5 cm³/mol. The van der Waals surface area contributed by atoms with Gasteiger partial charge in [-0.3, -0.25) is 4.57 Å². The van der Waals surface area contributed by atoms with E-state index >= 15 is 0 Å². The minimum Gasteiger partial charge on any atom is -0.299 e. The molecule has 18 heavy (non-hydrogen) atoms. The van der Waals surface area contributed by atoms with Crippen LogP contribution >= 0.6 is 27.5 Å². The Bertz CT molecular complexity index is 724. The molecule has 0 saturated carbocycles. The first-order valence-electron chi connectivity index (χ1n) is 5.10. The van der Waals surface area contributed by atoms with Gasteiger partial charge in [0, 0.05) is 11.9 Å². The molecule has 6 heteroatoms. The molecule has 90 valence electrons. The van der Waals surface area contributed by atoms with E-state index in [1.807, 2.05) is 6.20 Å². The summed E-state index contributed by atoms with van der Waals surface area (Å²) in [7, 11) is 0. The number of fused-ring (bicyclic) bond motifs is 1. The van der Waals surface area contributed by atoms with Crippen molar-refractivity contribution in [2.45, 2.75) is 0 Å². The molecule has 2 aromatic heterocycles. The molecule has 0 bridgehead atoms. The normalized spacial score (nSPS) is 11.1. The molecule has 3 nitrogen and oxygen atoms in total. The summed E-state index contributed by atoms with van der Waals surface area (Å²) in [6, 6.07) is 6.13. The Hall–Kier alpha value is -1.46. The summed E-state index contributed by atoms with van der Waals surface area (Å²) in [6.45, 7) is 0. The highest BCUT2D eigenvalue weighted by molar-refractivity contribution is 9.10. The Morgan fingerprint density at radius 1 is 1.22 bits per heavy atom. The summed E-state index contributed by atoms with van der Waals surface area (Å²) in [5.74, 6) is -0.279. The van der Waals surface area contributed by atoms with Gasteiger partial charge in [-0.15, -0.1) is 0 Å². The average molecular weight is 327 g/mol. The molecule has 0 aliphatic rings. The molecular formula is C12H6BrClFN3. The van der Waals surface area contributed by atoms with Gasteiger partial charge in [-0.05, 0) is 40.2 Å². The third kappa shape index (κ3) is 1.89. The molecule has 0 atom stereocenters. The molecule has 0 unspecified atom stereocenters. The van der Waals surface area contributed by atoms with E-state index in [1.54, 1.807) is 16.7 Å². The second-order valence-electron chi connectivity index (χ2n) is 3.69. The van der Waals surface area contributed by atoms with Crippen LogP contribution in [0.15, 0.2) is 41.1 Å². The molecule has 0 saturated heterocycles. The monoisotopic (exact) mass is 325 g/mol. The highest BCUT2D eigenvalue weighted by Crippen LogP contribution is 2.26. The van der Waals surface area contributed by atoms with Gasteiger partial charge in [0.05, 0.1) is 10.7 Å². The lowest BCUT2D eigenvalue weighted by Gasteiger charge is -2.03. The molecule has 3 aromatic rings. The Morgan fingerprint density at radius 3 is 2.67 bits per heavy atom. The third-order valence-electron chi connectivity index (χ3n) is 2.53. The summed E-state index contributed by atoms with van der Waals surface area (Å²) >= 11 is 9.26. The Balaban J connectivity index is 2.28. The van der Waals surface area contributed by atoms with Gasteiger partial charge in [0.15, 0.2) is 5.65 Å². The third-order valence-corrected chi connectivity index (χ3v) is 3.29. The fraction of sp³-hybridized carbons (Fsp3) is 0. The molecule has 0 N–H and O–H groups in total. The van der Waals surface area contributed by atoms with Gasteiger partial charge in [-0.25, -0.2) is 14.4 Å². The Kier molecular flexibility index (Phi) is 2.80. The van der Waals surface area contributed by atoms with Crippen molar-refractivity contribution in [3.05, 3.63) is 52.1 Å². The maximum absolute atomic E-state index is 12.9. The Labute approximate surface area is 115 Å². The van der Waals surface area contributed by atoms with E-state index < -0.39 is 0 Å². The highest BCUT2D eigenvalue weighted by atomic mass is 79.9. The van der Waals surface area contributed by atoms with Gasteiger partial charge in [-0.2, -0.15) is 0 Å². The first-order valence-corrected chi connectivity index (χ1v) is 6.27. The molecule has 2 heterocycles. The zero-order valence-corrected chi connectivity index (χ0v) is 11.3. The van der Waals surface area contributed by atoms with Gasteiger partial charge in [0.1, 0.15) is 16.5 Å². The largest absolute Gasteiger partial charge is 0.299 e. The lowest BCUT2D eigenvalue weighted by molar-refractivity contribution is 0.627. The molecule has 0 aliphatic heterocycles. The first-order chi connectivity index (χ1) is 8.65. The smallest absolute Gasteiger partial charge is 0.166 e. The number of hydrogen-bond donors (Lipinski definition) is 0. The van der Waals surface area contributed by atoms with Crippen molar-refractivity contribution in [3.63, 3.8) is 0 Å². The number of rotatable bonds is 1. The summed E-state index contributed by atoms with van der Waals surface area (Å²) < 4.78 is 15.5. The second-order valence-corrected chi connectivity index (χ2v) is 4.93. The SMILES string of the molecule is Fc1ccc(-n2cc(Br)c3ncc(Cl)nc32)cc1. The maximum Gasteiger partial charge on any atom is 0.166 e. The molecule has 0 radical (unpaired) electrons. The summed E-state index contributed by atoms with van der Waals surface area (Å²) in [6.07, 6.45) is 3.32. The van der Waals surface area contributed by atoms with E-state index in [1.165, 1.54) is 18.3 Å². The van der Waals surface area contributed by atoms with Crippen LogP contribution in [0.5, 0.6) is 0 Å². The van der Waals surface area contributed by atoms with Gasteiger partial charge in [-0.1, -0.05) is 11.6 Å². The molecule has 0 aliphatic carbocycles. The van der Waals surface area contributed by atoms with Crippen molar-refractivity contribution in [2.24, 2.45) is 0 Å². The topological polar surface area (TPSA) is 30.7 Å². The lowest BCUT2D eigenvalue weighted by Crippen LogP contribution is -1.94. The molecular weight excluding hydrogens is 321 g/mol. The van der Waals surface area contributed by atoms with Crippen molar-refractivity contribution in [2.75, 3.05) is 0 Å². The van der Waals surface area contributed by atoms with Crippen LogP contribution in [0.1, 0.15) is 0 Å². The van der Waals surface area contributed by atoms with Crippen LogP contribution in [0, 0.1) is 5.82 Å². The van der Waals surface area contributed by atoms with Crippen molar-refractivity contribution < 1.29 is 4.39 Å². The number of benzene rings is 1.